The van der Waals surface area contributed by atoms with Crippen LogP contribution in [0.4, 0.5) is 5.69 Å². The number of ether oxygens (including phenoxy) is 1. The Hall–Kier alpha value is -0.650. The lowest BCUT2D eigenvalue weighted by Crippen LogP contribution is -2.29. The number of hydrogen-bond acceptors (Lipinski definition) is 4. The molecule has 0 amide bonds. The van der Waals surface area contributed by atoms with Crippen LogP contribution < -0.4 is 10.6 Å². The second-order valence-electron chi connectivity index (χ2n) is 3.45. The summed E-state index contributed by atoms with van der Waals surface area (Å²) in [6.45, 7) is 3.20. The summed E-state index contributed by atoms with van der Waals surface area (Å²) in [5.41, 5.74) is 6.68. The average Bonchev–Trinajstić information content (AvgIpc) is 2.31. The lowest BCUT2D eigenvalue weighted by atomic mass is 10.3. The number of hydrogen-bond donors (Lipinski definition) is 1. The summed E-state index contributed by atoms with van der Waals surface area (Å²) in [4.78, 5) is 6.31. The number of halogens is 1. The van der Waals surface area contributed by atoms with Gasteiger partial charge in [-0.3, -0.25) is 4.98 Å². The van der Waals surface area contributed by atoms with Gasteiger partial charge in [0.05, 0.1) is 16.8 Å². The topological polar surface area (TPSA) is 51.4 Å². The van der Waals surface area contributed by atoms with E-state index >= 15 is 0 Å². The van der Waals surface area contributed by atoms with Crippen molar-refractivity contribution in [3.05, 3.63) is 22.9 Å². The predicted octanol–water partition coefficient (Wildman–Crippen LogP) is 1.65. The van der Waals surface area contributed by atoms with Gasteiger partial charge < -0.3 is 15.4 Å². The van der Waals surface area contributed by atoms with Crippen molar-refractivity contribution in [1.82, 2.24) is 4.98 Å². The molecule has 5 heteroatoms. The molecule has 0 atom stereocenters. The molecule has 16 heavy (non-hydrogen) atoms. The zero-order valence-corrected chi connectivity index (χ0v) is 11.1. The minimum absolute atomic E-state index is 0.701. The molecule has 1 aromatic rings. The first-order valence-corrected chi connectivity index (χ1v) is 6.12. The molecule has 4 nitrogen and oxygen atoms in total. The average molecular weight is 288 g/mol. The third kappa shape index (κ3) is 4.08. The fourth-order valence-corrected chi connectivity index (χ4v) is 1.96. The first-order valence-electron chi connectivity index (χ1n) is 5.33. The van der Waals surface area contributed by atoms with E-state index in [1.165, 1.54) is 0 Å². The summed E-state index contributed by atoms with van der Waals surface area (Å²) in [5, 5.41) is 0. The second-order valence-corrected chi connectivity index (χ2v) is 4.30. The van der Waals surface area contributed by atoms with Crippen molar-refractivity contribution >= 4 is 21.6 Å². The van der Waals surface area contributed by atoms with Crippen LogP contribution in [0.15, 0.2) is 22.9 Å². The standard InChI is InChI=1S/C11H18BrN3O/c1-16-8-7-15(6-2-4-13)11-3-5-14-9-10(11)12/h3,5,9H,2,4,6-8,13H2,1H3. The summed E-state index contributed by atoms with van der Waals surface area (Å²) in [7, 11) is 1.71. The van der Waals surface area contributed by atoms with Crippen molar-refractivity contribution in [2.45, 2.75) is 6.42 Å². The zero-order valence-electron chi connectivity index (χ0n) is 9.53. The maximum Gasteiger partial charge on any atom is 0.0637 e. The van der Waals surface area contributed by atoms with Crippen LogP contribution in [0.25, 0.3) is 0 Å². The summed E-state index contributed by atoms with van der Waals surface area (Å²) in [6.07, 6.45) is 4.57. The Balaban J connectivity index is 2.70. The third-order valence-electron chi connectivity index (χ3n) is 2.29. The van der Waals surface area contributed by atoms with Crippen LogP contribution in [-0.4, -0.2) is 38.3 Å². The molecule has 1 aromatic heterocycles. The highest BCUT2D eigenvalue weighted by Crippen LogP contribution is 2.24. The molecule has 1 heterocycles. The van der Waals surface area contributed by atoms with E-state index in [1.54, 1.807) is 19.5 Å². The molecule has 0 bridgehead atoms. The molecule has 0 radical (unpaired) electrons. The molecule has 90 valence electrons. The number of aromatic nitrogens is 1. The quantitative estimate of drug-likeness (QED) is 0.829. The van der Waals surface area contributed by atoms with E-state index in [4.69, 9.17) is 10.5 Å². The Labute approximate surface area is 105 Å². The molecule has 2 N–H and O–H groups in total. The lowest BCUT2D eigenvalue weighted by molar-refractivity contribution is 0.205. The van der Waals surface area contributed by atoms with E-state index in [2.05, 4.69) is 25.8 Å². The van der Waals surface area contributed by atoms with Gasteiger partial charge in [-0.05, 0) is 35.0 Å². The van der Waals surface area contributed by atoms with Crippen molar-refractivity contribution in [2.75, 3.05) is 38.3 Å². The van der Waals surface area contributed by atoms with Crippen LogP contribution in [0.2, 0.25) is 0 Å². The van der Waals surface area contributed by atoms with Crippen molar-refractivity contribution in [1.29, 1.82) is 0 Å². The number of methoxy groups -OCH3 is 1. The molecule has 0 aliphatic carbocycles. The van der Waals surface area contributed by atoms with Crippen LogP contribution in [0.1, 0.15) is 6.42 Å². The molecule has 0 aromatic carbocycles. The monoisotopic (exact) mass is 287 g/mol. The molecular weight excluding hydrogens is 270 g/mol. The highest BCUT2D eigenvalue weighted by molar-refractivity contribution is 9.10. The third-order valence-corrected chi connectivity index (χ3v) is 2.90. The van der Waals surface area contributed by atoms with Crippen molar-refractivity contribution in [3.63, 3.8) is 0 Å². The zero-order chi connectivity index (χ0) is 11.8. The molecule has 0 spiro atoms. The van der Waals surface area contributed by atoms with Crippen LogP contribution in [-0.2, 0) is 4.74 Å². The van der Waals surface area contributed by atoms with Gasteiger partial charge in [0, 0.05) is 32.6 Å². The van der Waals surface area contributed by atoms with E-state index in [-0.39, 0.29) is 0 Å². The van der Waals surface area contributed by atoms with Gasteiger partial charge in [-0.25, -0.2) is 0 Å². The van der Waals surface area contributed by atoms with Crippen molar-refractivity contribution in [3.8, 4) is 0 Å². The first kappa shape index (κ1) is 13.4. The summed E-state index contributed by atoms with van der Waals surface area (Å²) in [5.74, 6) is 0. The minimum Gasteiger partial charge on any atom is -0.383 e. The van der Waals surface area contributed by atoms with Crippen LogP contribution in [0.3, 0.4) is 0 Å². The maximum absolute atomic E-state index is 5.54. The van der Waals surface area contributed by atoms with Crippen molar-refractivity contribution < 1.29 is 4.74 Å². The maximum atomic E-state index is 5.54. The molecular formula is C11H18BrN3O. The van der Waals surface area contributed by atoms with Crippen LogP contribution in [0, 0.1) is 0 Å². The Morgan fingerprint density at radius 2 is 2.31 bits per heavy atom. The molecule has 0 saturated heterocycles. The van der Waals surface area contributed by atoms with E-state index in [0.717, 1.165) is 29.7 Å². The van der Waals surface area contributed by atoms with E-state index in [0.29, 0.717) is 13.2 Å². The number of nitrogens with two attached hydrogens (primary N) is 1. The smallest absolute Gasteiger partial charge is 0.0637 e. The fourth-order valence-electron chi connectivity index (χ4n) is 1.46. The van der Waals surface area contributed by atoms with Gasteiger partial charge in [0.1, 0.15) is 0 Å². The Kier molecular flexibility index (Phi) is 6.37. The number of anilines is 1. The first-order chi connectivity index (χ1) is 7.79. The summed E-state index contributed by atoms with van der Waals surface area (Å²) in [6, 6.07) is 2.00. The van der Waals surface area contributed by atoms with Crippen molar-refractivity contribution in [2.24, 2.45) is 5.73 Å². The van der Waals surface area contributed by atoms with Crippen LogP contribution >= 0.6 is 15.9 Å². The molecule has 0 aliphatic heterocycles. The van der Waals surface area contributed by atoms with E-state index in [1.807, 2.05) is 6.07 Å². The van der Waals surface area contributed by atoms with Gasteiger partial charge >= 0.3 is 0 Å². The highest BCUT2D eigenvalue weighted by Gasteiger charge is 2.08. The Morgan fingerprint density at radius 1 is 1.50 bits per heavy atom. The van der Waals surface area contributed by atoms with E-state index in [9.17, 15) is 0 Å². The Morgan fingerprint density at radius 3 is 2.94 bits per heavy atom. The van der Waals surface area contributed by atoms with Gasteiger partial charge in [0.2, 0.25) is 0 Å². The lowest BCUT2D eigenvalue weighted by Gasteiger charge is -2.25. The normalized spacial score (nSPS) is 10.4. The Bertz CT molecular complexity index is 301. The largest absolute Gasteiger partial charge is 0.383 e. The molecule has 0 fully saturated rings. The van der Waals surface area contributed by atoms with E-state index < -0.39 is 0 Å². The van der Waals surface area contributed by atoms with Gasteiger partial charge in [0.25, 0.3) is 0 Å². The molecule has 0 saturated carbocycles. The summed E-state index contributed by atoms with van der Waals surface area (Å²) < 4.78 is 6.11. The van der Waals surface area contributed by atoms with Gasteiger partial charge in [-0.2, -0.15) is 0 Å². The number of rotatable bonds is 7. The highest BCUT2D eigenvalue weighted by atomic mass is 79.9. The van der Waals surface area contributed by atoms with Crippen LogP contribution in [0.5, 0.6) is 0 Å². The van der Waals surface area contributed by atoms with Gasteiger partial charge in [-0.15, -0.1) is 0 Å². The number of pyridine rings is 1. The predicted molar refractivity (Wildman–Crippen MR) is 69.7 cm³/mol. The van der Waals surface area contributed by atoms with Gasteiger partial charge in [-0.1, -0.05) is 0 Å². The summed E-state index contributed by atoms with van der Waals surface area (Å²) >= 11 is 3.50. The number of nitrogens with zero attached hydrogens (tertiary/aromatic N) is 2. The van der Waals surface area contributed by atoms with Gasteiger partial charge in [0.15, 0.2) is 0 Å². The minimum atomic E-state index is 0.701. The fraction of sp³-hybridized carbons (Fsp3) is 0.545. The second kappa shape index (κ2) is 7.60. The SMILES string of the molecule is COCCN(CCCN)c1ccncc1Br. The molecule has 0 aliphatic rings. The molecule has 0 unspecified atom stereocenters. The molecule has 1 rings (SSSR count).